The molecule has 1 aromatic carbocycles. The number of rotatable bonds is 5. The second-order valence-corrected chi connectivity index (χ2v) is 6.28. The van der Waals surface area contributed by atoms with Gasteiger partial charge in [0.05, 0.1) is 6.54 Å². The molecule has 1 aromatic rings. The summed E-state index contributed by atoms with van der Waals surface area (Å²) in [5.74, 6) is -0.848. The van der Waals surface area contributed by atoms with Crippen LogP contribution in [0.3, 0.4) is 0 Å². The number of carbonyl (C=O) groups excluding carboxylic acids is 2. The lowest BCUT2D eigenvalue weighted by Crippen LogP contribution is -2.46. The first-order valence-electron chi connectivity index (χ1n) is 7.67. The van der Waals surface area contributed by atoms with Gasteiger partial charge in [-0.05, 0) is 32.0 Å². The van der Waals surface area contributed by atoms with Gasteiger partial charge in [-0.3, -0.25) is 15.0 Å². The minimum absolute atomic E-state index is 0.0250. The number of hydrogen-bond donors (Lipinski definition) is 2. The molecule has 1 saturated carbocycles. The summed E-state index contributed by atoms with van der Waals surface area (Å²) in [6.45, 7) is 0.159. The Labute approximate surface area is 140 Å². The fourth-order valence-electron chi connectivity index (χ4n) is 2.71. The summed E-state index contributed by atoms with van der Waals surface area (Å²) >= 11 is 5.96. The second-order valence-electron chi connectivity index (χ2n) is 5.88. The summed E-state index contributed by atoms with van der Waals surface area (Å²) in [5, 5.41) is 5.39. The fraction of sp³-hybridized carbons (Fsp3) is 0.500. The van der Waals surface area contributed by atoms with E-state index in [1.165, 1.54) is 12.1 Å². The molecular weight excluding hydrogens is 321 g/mol. The predicted molar refractivity (Wildman–Crippen MR) is 86.7 cm³/mol. The average Bonchev–Trinajstić information content (AvgIpc) is 2.95. The van der Waals surface area contributed by atoms with Crippen LogP contribution in [0.1, 0.15) is 31.2 Å². The highest BCUT2D eigenvalue weighted by molar-refractivity contribution is 6.31. The van der Waals surface area contributed by atoms with Crippen LogP contribution in [0.4, 0.5) is 9.18 Å². The van der Waals surface area contributed by atoms with Crippen molar-refractivity contribution >= 4 is 23.5 Å². The van der Waals surface area contributed by atoms with Gasteiger partial charge in [-0.1, -0.05) is 30.5 Å². The molecule has 0 aromatic heterocycles. The van der Waals surface area contributed by atoms with Crippen LogP contribution in [0.2, 0.25) is 5.02 Å². The summed E-state index contributed by atoms with van der Waals surface area (Å²) < 4.78 is 13.7. The molecule has 23 heavy (non-hydrogen) atoms. The van der Waals surface area contributed by atoms with Crippen LogP contribution in [0.15, 0.2) is 18.2 Å². The first kappa shape index (κ1) is 17.7. The fourth-order valence-corrected chi connectivity index (χ4v) is 2.93. The van der Waals surface area contributed by atoms with Gasteiger partial charge in [0.2, 0.25) is 5.91 Å². The van der Waals surface area contributed by atoms with Crippen molar-refractivity contribution in [3.05, 3.63) is 34.6 Å². The molecule has 0 spiro atoms. The number of halogens is 2. The van der Waals surface area contributed by atoms with Gasteiger partial charge < -0.3 is 5.32 Å². The van der Waals surface area contributed by atoms with Gasteiger partial charge >= 0.3 is 6.03 Å². The van der Waals surface area contributed by atoms with Gasteiger partial charge in [-0.15, -0.1) is 0 Å². The van der Waals surface area contributed by atoms with E-state index >= 15 is 0 Å². The molecule has 0 radical (unpaired) electrons. The third kappa shape index (κ3) is 5.48. The Balaban J connectivity index is 1.79. The third-order valence-electron chi connectivity index (χ3n) is 3.85. The molecule has 0 heterocycles. The molecule has 2 rings (SSSR count). The number of nitrogens with zero attached hydrogens (tertiary/aromatic N) is 1. The minimum Gasteiger partial charge on any atom is -0.335 e. The largest absolute Gasteiger partial charge is 0.335 e. The maximum absolute atomic E-state index is 13.7. The number of urea groups is 1. The smallest absolute Gasteiger partial charge is 0.321 e. The maximum atomic E-state index is 13.7. The summed E-state index contributed by atoms with van der Waals surface area (Å²) in [5.41, 5.74) is 0.333. The molecule has 7 heteroatoms. The molecule has 126 valence electrons. The molecule has 0 aliphatic heterocycles. The normalized spacial score (nSPS) is 15.0. The van der Waals surface area contributed by atoms with Crippen molar-refractivity contribution in [1.29, 1.82) is 0 Å². The maximum Gasteiger partial charge on any atom is 0.321 e. The lowest BCUT2D eigenvalue weighted by atomic mass is 10.2. The van der Waals surface area contributed by atoms with Crippen molar-refractivity contribution in [2.75, 3.05) is 13.6 Å². The molecule has 3 amide bonds. The molecular formula is C16H21ClFN3O2. The zero-order valence-electron chi connectivity index (χ0n) is 13.1. The van der Waals surface area contributed by atoms with Crippen molar-refractivity contribution < 1.29 is 14.0 Å². The van der Waals surface area contributed by atoms with E-state index in [4.69, 9.17) is 11.6 Å². The van der Waals surface area contributed by atoms with E-state index in [1.807, 2.05) is 0 Å². The summed E-state index contributed by atoms with van der Waals surface area (Å²) in [6.07, 6.45) is 4.11. The van der Waals surface area contributed by atoms with E-state index in [0.717, 1.165) is 25.7 Å². The Morgan fingerprint density at radius 3 is 2.70 bits per heavy atom. The van der Waals surface area contributed by atoms with Gasteiger partial charge in [0.15, 0.2) is 0 Å². The zero-order valence-corrected chi connectivity index (χ0v) is 13.8. The highest BCUT2D eigenvalue weighted by Gasteiger charge is 2.19. The van der Waals surface area contributed by atoms with Gasteiger partial charge in [-0.2, -0.15) is 0 Å². The Hall–Kier alpha value is -1.66. The second kappa shape index (κ2) is 8.26. The summed E-state index contributed by atoms with van der Waals surface area (Å²) in [4.78, 5) is 25.2. The number of likely N-dealkylation sites (N-methyl/N-ethyl adjacent to an activating group) is 1. The quantitative estimate of drug-likeness (QED) is 0.865. The van der Waals surface area contributed by atoms with E-state index in [0.29, 0.717) is 10.6 Å². The summed E-state index contributed by atoms with van der Waals surface area (Å²) in [7, 11) is 1.66. The monoisotopic (exact) mass is 341 g/mol. The van der Waals surface area contributed by atoms with Crippen molar-refractivity contribution in [3.8, 4) is 0 Å². The van der Waals surface area contributed by atoms with Crippen LogP contribution < -0.4 is 10.6 Å². The topological polar surface area (TPSA) is 61.4 Å². The van der Waals surface area contributed by atoms with Crippen LogP contribution in [-0.2, 0) is 11.3 Å². The first-order valence-corrected chi connectivity index (χ1v) is 8.05. The first-order chi connectivity index (χ1) is 11.0. The molecule has 1 aliphatic carbocycles. The Morgan fingerprint density at radius 1 is 1.35 bits per heavy atom. The lowest BCUT2D eigenvalue weighted by molar-refractivity contribution is -0.121. The van der Waals surface area contributed by atoms with Gasteiger partial charge in [0.1, 0.15) is 5.82 Å². The number of imide groups is 1. The molecule has 1 aliphatic rings. The van der Waals surface area contributed by atoms with E-state index in [2.05, 4.69) is 10.6 Å². The molecule has 5 nitrogen and oxygen atoms in total. The van der Waals surface area contributed by atoms with Gasteiger partial charge in [0.25, 0.3) is 0 Å². The van der Waals surface area contributed by atoms with Crippen LogP contribution in [-0.4, -0.2) is 36.5 Å². The Morgan fingerprint density at radius 2 is 2.04 bits per heavy atom. The molecule has 0 unspecified atom stereocenters. The van der Waals surface area contributed by atoms with Crippen LogP contribution in [0.5, 0.6) is 0 Å². The highest BCUT2D eigenvalue weighted by atomic mass is 35.5. The average molecular weight is 342 g/mol. The van der Waals surface area contributed by atoms with Crippen LogP contribution in [0.25, 0.3) is 0 Å². The highest BCUT2D eigenvalue weighted by Crippen LogP contribution is 2.20. The number of benzene rings is 1. The predicted octanol–water partition coefficient (Wildman–Crippen LogP) is 2.68. The molecule has 2 N–H and O–H groups in total. The Kier molecular flexibility index (Phi) is 6.36. The molecule has 0 bridgehead atoms. The number of hydrogen-bond acceptors (Lipinski definition) is 3. The zero-order chi connectivity index (χ0) is 16.8. The Bertz CT molecular complexity index is 556. The van der Waals surface area contributed by atoms with Crippen molar-refractivity contribution in [2.45, 2.75) is 38.3 Å². The number of nitrogens with one attached hydrogen (secondary N) is 2. The van der Waals surface area contributed by atoms with Crippen molar-refractivity contribution in [3.63, 3.8) is 0 Å². The van der Waals surface area contributed by atoms with Gasteiger partial charge in [0, 0.05) is 23.2 Å². The molecule has 0 saturated heterocycles. The van der Waals surface area contributed by atoms with E-state index in [1.54, 1.807) is 18.0 Å². The van der Waals surface area contributed by atoms with Gasteiger partial charge in [-0.25, -0.2) is 9.18 Å². The van der Waals surface area contributed by atoms with Crippen molar-refractivity contribution in [2.24, 2.45) is 0 Å². The summed E-state index contributed by atoms with van der Waals surface area (Å²) in [6, 6.07) is 4.13. The SMILES string of the molecule is CN(CC(=O)NC(=O)NC1CCCC1)Cc1c(F)cccc1Cl. The molecule has 1 fully saturated rings. The van der Waals surface area contributed by atoms with E-state index in [-0.39, 0.29) is 19.1 Å². The lowest BCUT2D eigenvalue weighted by Gasteiger charge is -2.18. The van der Waals surface area contributed by atoms with Crippen LogP contribution >= 0.6 is 11.6 Å². The van der Waals surface area contributed by atoms with E-state index < -0.39 is 17.8 Å². The van der Waals surface area contributed by atoms with Crippen LogP contribution in [0, 0.1) is 5.82 Å². The third-order valence-corrected chi connectivity index (χ3v) is 4.20. The van der Waals surface area contributed by atoms with Crippen molar-refractivity contribution in [1.82, 2.24) is 15.5 Å². The molecule has 0 atom stereocenters. The number of carbonyl (C=O) groups is 2. The standard InChI is InChI=1S/C16H21ClFN3O2/c1-21(9-12-13(17)7-4-8-14(12)18)10-15(22)20-16(23)19-11-5-2-3-6-11/h4,7-8,11H,2-3,5-6,9-10H2,1H3,(H2,19,20,22,23). The minimum atomic E-state index is -0.473. The number of amides is 3. The van der Waals surface area contributed by atoms with E-state index in [9.17, 15) is 14.0 Å².